The summed E-state index contributed by atoms with van der Waals surface area (Å²) in [7, 11) is 0. The van der Waals surface area contributed by atoms with Crippen molar-refractivity contribution < 1.29 is 14.4 Å². The molecule has 2 aliphatic rings. The first-order valence-corrected chi connectivity index (χ1v) is 10.3. The average molecular weight is 482 g/mol. The fourth-order valence-electron chi connectivity index (χ4n) is 4.69. The molecule has 4 unspecified atom stereocenters. The van der Waals surface area contributed by atoms with Gasteiger partial charge in [-0.1, -0.05) is 30.1 Å². The predicted octanol–water partition coefficient (Wildman–Crippen LogP) is 5.01. The van der Waals surface area contributed by atoms with Crippen LogP contribution in [0.15, 0.2) is 42.5 Å². The molecule has 11 heteroatoms. The molecule has 2 saturated heterocycles. The van der Waals surface area contributed by atoms with E-state index < -0.39 is 39.5 Å². The van der Waals surface area contributed by atoms with Crippen molar-refractivity contribution in [3.05, 3.63) is 73.8 Å². The largest absolute Gasteiger partial charge is 0.443 e. The molecule has 2 fully saturated rings. The maximum absolute atomic E-state index is 11.1. The quantitative estimate of drug-likeness (QED) is 0.476. The summed E-state index contributed by atoms with van der Waals surface area (Å²) in [6, 6.07) is 15.4. The highest BCUT2D eigenvalue weighted by Gasteiger charge is 2.80. The number of nitro benzene ring substituents is 1. The third-order valence-electron chi connectivity index (χ3n) is 6.38. The number of benzene rings is 2. The highest BCUT2D eigenvalue weighted by Crippen LogP contribution is 2.69. The minimum Gasteiger partial charge on any atom is -0.443 e. The SMILES string of the molecule is CC1C2(c3ccc(Cl)cc3Cl)OC(=N)C1(C#N)C(C#N)(C#N)C(c1ccc([N+](=O)[O-])cc1)O2. The highest BCUT2D eigenvalue weighted by atomic mass is 35.5. The van der Waals surface area contributed by atoms with Crippen molar-refractivity contribution in [2.45, 2.75) is 18.8 Å². The van der Waals surface area contributed by atoms with E-state index in [4.69, 9.17) is 38.1 Å². The molecule has 164 valence electrons. The van der Waals surface area contributed by atoms with Crippen LogP contribution in [0.3, 0.4) is 0 Å². The Morgan fingerprint density at radius 3 is 2.24 bits per heavy atom. The molecule has 2 aromatic rings. The minimum absolute atomic E-state index is 0.139. The number of nitrogens with one attached hydrogen (secondary N) is 1. The van der Waals surface area contributed by atoms with E-state index in [9.17, 15) is 25.9 Å². The molecule has 9 nitrogen and oxygen atoms in total. The Hall–Kier alpha value is -3.68. The molecule has 0 aromatic heterocycles. The van der Waals surface area contributed by atoms with Crippen LogP contribution in [0.1, 0.15) is 24.2 Å². The van der Waals surface area contributed by atoms with Crippen molar-refractivity contribution in [1.29, 1.82) is 21.2 Å². The Labute approximate surface area is 197 Å². The maximum atomic E-state index is 11.1. The summed E-state index contributed by atoms with van der Waals surface area (Å²) < 4.78 is 12.2. The zero-order chi connectivity index (χ0) is 24.2. The Kier molecular flexibility index (Phi) is 5.07. The van der Waals surface area contributed by atoms with Crippen molar-refractivity contribution in [3.63, 3.8) is 0 Å². The Morgan fingerprint density at radius 1 is 1.09 bits per heavy atom. The van der Waals surface area contributed by atoms with Crippen LogP contribution < -0.4 is 0 Å². The van der Waals surface area contributed by atoms with Crippen LogP contribution in [0.5, 0.6) is 0 Å². The number of nitriles is 3. The molecule has 2 aliphatic heterocycles. The third-order valence-corrected chi connectivity index (χ3v) is 6.93. The molecule has 4 atom stereocenters. The lowest BCUT2D eigenvalue weighted by molar-refractivity contribution is -0.384. The first kappa shape index (κ1) is 22.5. The van der Waals surface area contributed by atoms with E-state index in [-0.39, 0.29) is 21.8 Å². The number of non-ortho nitro benzene ring substituents is 1. The van der Waals surface area contributed by atoms with Crippen LogP contribution in [-0.4, -0.2) is 10.8 Å². The van der Waals surface area contributed by atoms with E-state index in [1.807, 2.05) is 18.2 Å². The van der Waals surface area contributed by atoms with Crippen molar-refractivity contribution in [2.24, 2.45) is 16.7 Å². The Morgan fingerprint density at radius 2 is 1.73 bits per heavy atom. The smallest absolute Gasteiger partial charge is 0.269 e. The second kappa shape index (κ2) is 7.43. The zero-order valence-electron chi connectivity index (χ0n) is 16.9. The number of rotatable bonds is 3. The lowest BCUT2D eigenvalue weighted by atomic mass is 9.53. The second-order valence-electron chi connectivity index (χ2n) is 7.74. The molecule has 2 aromatic carbocycles. The number of hydrogen-bond donors (Lipinski definition) is 1. The van der Waals surface area contributed by atoms with Gasteiger partial charge < -0.3 is 9.47 Å². The number of halogens is 2. The van der Waals surface area contributed by atoms with Gasteiger partial charge in [0.05, 0.1) is 34.1 Å². The van der Waals surface area contributed by atoms with Crippen LogP contribution in [0, 0.1) is 66.3 Å². The summed E-state index contributed by atoms with van der Waals surface area (Å²) in [5.74, 6) is -3.40. The molecular weight excluding hydrogens is 469 g/mol. The van der Waals surface area contributed by atoms with Gasteiger partial charge in [-0.15, -0.1) is 0 Å². The highest BCUT2D eigenvalue weighted by molar-refractivity contribution is 6.35. The van der Waals surface area contributed by atoms with Crippen molar-refractivity contribution >= 4 is 34.8 Å². The van der Waals surface area contributed by atoms with E-state index >= 15 is 0 Å². The topological polar surface area (TPSA) is 157 Å². The first-order chi connectivity index (χ1) is 15.6. The van der Waals surface area contributed by atoms with Gasteiger partial charge in [0.2, 0.25) is 17.1 Å². The van der Waals surface area contributed by atoms with E-state index in [0.717, 1.165) is 0 Å². The van der Waals surface area contributed by atoms with Gasteiger partial charge in [0.25, 0.3) is 5.69 Å². The van der Waals surface area contributed by atoms with Crippen molar-refractivity contribution in [3.8, 4) is 18.2 Å². The Balaban J connectivity index is 2.02. The molecule has 2 heterocycles. The summed E-state index contributed by atoms with van der Waals surface area (Å²) in [6.45, 7) is 1.55. The monoisotopic (exact) mass is 481 g/mol. The van der Waals surface area contributed by atoms with Crippen LogP contribution >= 0.6 is 23.2 Å². The van der Waals surface area contributed by atoms with Gasteiger partial charge in [0.15, 0.2) is 5.41 Å². The lowest BCUT2D eigenvalue weighted by Crippen LogP contribution is -2.57. The molecule has 0 spiro atoms. The van der Waals surface area contributed by atoms with Gasteiger partial charge >= 0.3 is 0 Å². The van der Waals surface area contributed by atoms with Crippen LogP contribution in [0.4, 0.5) is 5.69 Å². The van der Waals surface area contributed by atoms with Gasteiger partial charge in [-0.05, 0) is 35.9 Å². The number of fused-ring (bicyclic) bond motifs is 2. The molecule has 33 heavy (non-hydrogen) atoms. The number of hydrogen-bond acceptors (Lipinski definition) is 8. The zero-order valence-corrected chi connectivity index (χ0v) is 18.4. The summed E-state index contributed by atoms with van der Waals surface area (Å²) in [4.78, 5) is 10.5. The molecule has 2 bridgehead atoms. The predicted molar refractivity (Wildman–Crippen MR) is 115 cm³/mol. The molecular formula is C22H13Cl2N5O4. The summed E-state index contributed by atoms with van der Waals surface area (Å²) >= 11 is 12.5. The van der Waals surface area contributed by atoms with Gasteiger partial charge in [0.1, 0.15) is 6.10 Å². The summed E-state index contributed by atoms with van der Waals surface area (Å²) in [6.07, 6.45) is -1.40. The van der Waals surface area contributed by atoms with Gasteiger partial charge in [0, 0.05) is 22.7 Å². The van der Waals surface area contributed by atoms with E-state index in [2.05, 4.69) is 0 Å². The lowest BCUT2D eigenvalue weighted by Gasteiger charge is -2.48. The summed E-state index contributed by atoms with van der Waals surface area (Å²) in [5.41, 5.74) is -3.94. The van der Waals surface area contributed by atoms with Gasteiger partial charge in [-0.3, -0.25) is 15.5 Å². The van der Waals surface area contributed by atoms with Crippen LogP contribution in [-0.2, 0) is 15.3 Å². The van der Waals surface area contributed by atoms with E-state index in [1.54, 1.807) is 6.92 Å². The molecule has 4 rings (SSSR count). The van der Waals surface area contributed by atoms with E-state index in [1.165, 1.54) is 42.5 Å². The fourth-order valence-corrected chi connectivity index (χ4v) is 5.23. The molecule has 0 radical (unpaired) electrons. The number of ether oxygens (including phenoxy) is 2. The fraction of sp³-hybridized carbons (Fsp3) is 0.273. The first-order valence-electron chi connectivity index (χ1n) is 9.53. The summed E-state index contributed by atoms with van der Waals surface area (Å²) in [5, 5.41) is 50.8. The van der Waals surface area contributed by atoms with E-state index in [0.29, 0.717) is 5.02 Å². The molecule has 0 saturated carbocycles. The van der Waals surface area contributed by atoms with Crippen molar-refractivity contribution in [1.82, 2.24) is 0 Å². The van der Waals surface area contributed by atoms with Gasteiger partial charge in [-0.25, -0.2) is 0 Å². The number of nitrogens with zero attached hydrogens (tertiary/aromatic N) is 4. The van der Waals surface area contributed by atoms with Gasteiger partial charge in [-0.2, -0.15) is 15.8 Å². The molecule has 0 aliphatic carbocycles. The molecule has 0 amide bonds. The molecule has 1 N–H and O–H groups in total. The van der Waals surface area contributed by atoms with Crippen molar-refractivity contribution in [2.75, 3.05) is 0 Å². The Bertz CT molecular complexity index is 1310. The third kappa shape index (κ3) is 2.70. The van der Waals surface area contributed by atoms with Crippen LogP contribution in [0.2, 0.25) is 10.0 Å². The standard InChI is InChI=1S/C22H13Cl2N5O4/c1-12-21(11-27)19(28)33-22(12,16-7-4-14(23)8-17(16)24)32-18(20(21,9-25)10-26)13-2-5-15(6-3-13)29(30)31/h2-8,12,18,28H,1H3. The maximum Gasteiger partial charge on any atom is 0.269 e. The minimum atomic E-state index is -2.20. The number of nitro groups is 1. The normalized spacial score (nSPS) is 29.3. The second-order valence-corrected chi connectivity index (χ2v) is 8.59. The van der Waals surface area contributed by atoms with Crippen LogP contribution in [0.25, 0.3) is 0 Å². The average Bonchev–Trinajstić information content (AvgIpc) is 2.95.